The van der Waals surface area contributed by atoms with Crippen LogP contribution in [0.3, 0.4) is 0 Å². The van der Waals surface area contributed by atoms with Crippen LogP contribution in [-0.2, 0) is 24.7 Å². The Morgan fingerprint density at radius 1 is 1.50 bits per heavy atom. The first-order valence-corrected chi connectivity index (χ1v) is 8.75. The van der Waals surface area contributed by atoms with E-state index in [9.17, 15) is 24.9 Å². The van der Waals surface area contributed by atoms with Crippen LogP contribution >= 0.6 is 0 Å². The summed E-state index contributed by atoms with van der Waals surface area (Å²) in [5.41, 5.74) is 2.37. The molecule has 11 nitrogen and oxygen atoms in total. The molecule has 0 unspecified atom stereocenters. The lowest BCUT2D eigenvalue weighted by Gasteiger charge is -2.31. The van der Waals surface area contributed by atoms with Crippen molar-refractivity contribution in [1.82, 2.24) is 9.55 Å². The van der Waals surface area contributed by atoms with Crippen LogP contribution in [0.5, 0.6) is 0 Å². The van der Waals surface area contributed by atoms with E-state index in [0.29, 0.717) is 24.2 Å². The molecular weight excluding hydrogens is 374 g/mol. The van der Waals surface area contributed by atoms with Gasteiger partial charge in [-0.1, -0.05) is 12.7 Å². The molecule has 4 atom stereocenters. The van der Waals surface area contributed by atoms with Gasteiger partial charge >= 0.3 is 11.7 Å². The molecule has 156 valence electrons. The first kappa shape index (κ1) is 22.0. The largest absolute Gasteiger partial charge is 0.462 e. The maximum atomic E-state index is 12.9. The zero-order chi connectivity index (χ0) is 20.9. The second-order valence-corrected chi connectivity index (χ2v) is 6.10. The van der Waals surface area contributed by atoms with Crippen molar-refractivity contribution in [3.8, 4) is 0 Å². The number of aromatic nitrogens is 2. The molecule has 28 heavy (non-hydrogen) atoms. The number of ether oxygens (including phenoxy) is 3. The van der Waals surface area contributed by atoms with Crippen molar-refractivity contribution in [2.45, 2.75) is 37.4 Å². The van der Waals surface area contributed by atoms with E-state index in [2.05, 4.69) is 11.6 Å². The molecule has 1 aliphatic heterocycles. The lowest BCUT2D eigenvalue weighted by atomic mass is 10.0. The number of nitrogens with two attached hydrogens (primary N) is 1. The summed E-state index contributed by atoms with van der Waals surface area (Å²) in [7, 11) is 0. The Labute approximate surface area is 161 Å². The number of carbonyl (C=O) groups excluding carboxylic acids is 1. The van der Waals surface area contributed by atoms with Gasteiger partial charge in [-0.3, -0.25) is 4.57 Å². The summed E-state index contributed by atoms with van der Waals surface area (Å²) in [6.07, 6.45) is -2.12. The van der Waals surface area contributed by atoms with Crippen LogP contribution in [0.2, 0.25) is 0 Å². The van der Waals surface area contributed by atoms with E-state index in [0.717, 1.165) is 6.20 Å². The van der Waals surface area contributed by atoms with Gasteiger partial charge in [-0.2, -0.15) is 4.98 Å². The van der Waals surface area contributed by atoms with Crippen molar-refractivity contribution in [1.29, 1.82) is 0 Å². The van der Waals surface area contributed by atoms with Gasteiger partial charge in [-0.05, 0) is 6.92 Å². The van der Waals surface area contributed by atoms with Crippen LogP contribution in [0.4, 0.5) is 5.82 Å². The number of esters is 1. The van der Waals surface area contributed by atoms with Crippen molar-refractivity contribution in [2.75, 3.05) is 32.2 Å². The number of nitrogens with zero attached hydrogens (tertiary/aromatic N) is 2. The minimum atomic E-state index is -2.45. The first-order valence-electron chi connectivity index (χ1n) is 8.75. The van der Waals surface area contributed by atoms with Crippen LogP contribution in [0, 0.1) is 0 Å². The highest BCUT2D eigenvalue weighted by molar-refractivity contribution is 5.79. The van der Waals surface area contributed by atoms with Crippen LogP contribution in [0.25, 0.3) is 6.08 Å². The van der Waals surface area contributed by atoms with Gasteiger partial charge in [0.15, 0.2) is 0 Å². The predicted octanol–water partition coefficient (Wildman–Crippen LogP) is -1.80. The monoisotopic (exact) mass is 399 g/mol. The van der Waals surface area contributed by atoms with E-state index in [1.54, 1.807) is 0 Å². The zero-order valence-electron chi connectivity index (χ0n) is 15.5. The van der Waals surface area contributed by atoms with Gasteiger partial charge in [0.2, 0.25) is 0 Å². The summed E-state index contributed by atoms with van der Waals surface area (Å²) in [6.45, 7) is 5.41. The number of hydrogen-bond donors (Lipinski definition) is 4. The minimum Gasteiger partial charge on any atom is -0.462 e. The summed E-state index contributed by atoms with van der Waals surface area (Å²) in [5.74, 6) is -1.27. The van der Waals surface area contributed by atoms with Gasteiger partial charge in [0, 0.05) is 31.4 Å². The van der Waals surface area contributed by atoms with E-state index in [4.69, 9.17) is 19.9 Å². The number of rotatable bonds is 9. The molecule has 0 saturated carbocycles. The minimum absolute atomic E-state index is 0.0813. The summed E-state index contributed by atoms with van der Waals surface area (Å²) in [5, 5.41) is 30.1. The normalized spacial score (nSPS) is 26.9. The highest BCUT2D eigenvalue weighted by atomic mass is 16.6. The molecule has 0 aliphatic carbocycles. The van der Waals surface area contributed by atoms with Gasteiger partial charge in [-0.25, -0.2) is 9.59 Å². The fraction of sp³-hybridized carbons (Fsp3) is 0.588. The van der Waals surface area contributed by atoms with E-state index in [1.807, 2.05) is 6.92 Å². The zero-order valence-corrected chi connectivity index (χ0v) is 15.5. The van der Waals surface area contributed by atoms with E-state index < -0.39 is 42.3 Å². The summed E-state index contributed by atoms with van der Waals surface area (Å²) >= 11 is 0. The molecule has 1 aromatic rings. The molecule has 5 N–H and O–H groups in total. The number of nitrogen functional groups attached to an aromatic ring is 1. The highest BCUT2D eigenvalue weighted by Gasteiger charge is 2.62. The standard InChI is InChI=1S/C17H25N3O8/c1-3-10-8-20(16(25)19-14(10)18)17(13(23)12(22)11(9-21)28-17)15(24)27-7-5-6-26-4-2/h3,8,11-13,21-23H,1,4-7,9H2,2H3,(H2,18,19,25)/t11-,12-,13-,17+/m1/s1. The molecule has 0 amide bonds. The van der Waals surface area contributed by atoms with Gasteiger partial charge in [0.25, 0.3) is 5.72 Å². The smallest absolute Gasteiger partial charge is 0.363 e. The third kappa shape index (κ3) is 3.93. The van der Waals surface area contributed by atoms with E-state index >= 15 is 0 Å². The molecule has 0 spiro atoms. The topological polar surface area (TPSA) is 166 Å². The summed E-state index contributed by atoms with van der Waals surface area (Å²) in [6, 6.07) is 0. The highest BCUT2D eigenvalue weighted by Crippen LogP contribution is 2.36. The van der Waals surface area contributed by atoms with Crippen molar-refractivity contribution < 1.29 is 34.3 Å². The van der Waals surface area contributed by atoms with Crippen molar-refractivity contribution in [3.05, 3.63) is 28.8 Å². The second kappa shape index (κ2) is 9.26. The van der Waals surface area contributed by atoms with Gasteiger partial charge in [-0.15, -0.1) is 0 Å². The van der Waals surface area contributed by atoms with Crippen LogP contribution in [0.15, 0.2) is 17.6 Å². The number of aliphatic hydroxyl groups is 3. The quantitative estimate of drug-likeness (QED) is 0.275. The molecule has 1 aromatic heterocycles. The number of anilines is 1. The second-order valence-electron chi connectivity index (χ2n) is 6.10. The van der Waals surface area contributed by atoms with Crippen molar-refractivity contribution >= 4 is 17.9 Å². The fourth-order valence-corrected chi connectivity index (χ4v) is 2.87. The maximum Gasteiger partial charge on any atom is 0.363 e. The lowest BCUT2D eigenvalue weighted by molar-refractivity contribution is -0.202. The Kier molecular flexibility index (Phi) is 7.27. The third-order valence-corrected chi connectivity index (χ3v) is 4.34. The fourth-order valence-electron chi connectivity index (χ4n) is 2.87. The molecule has 0 aromatic carbocycles. The lowest BCUT2D eigenvalue weighted by Crippen LogP contribution is -2.56. The van der Waals surface area contributed by atoms with Gasteiger partial charge < -0.3 is 35.3 Å². The molecule has 1 fully saturated rings. The van der Waals surface area contributed by atoms with Gasteiger partial charge in [0.1, 0.15) is 24.1 Å². The molecule has 1 aliphatic rings. The molecular formula is C17H25N3O8. The first-order chi connectivity index (χ1) is 13.3. The van der Waals surface area contributed by atoms with Crippen molar-refractivity contribution in [3.63, 3.8) is 0 Å². The maximum absolute atomic E-state index is 12.9. The van der Waals surface area contributed by atoms with E-state index in [1.165, 1.54) is 6.08 Å². The Bertz CT molecular complexity index is 767. The molecule has 11 heteroatoms. The number of hydrogen-bond acceptors (Lipinski definition) is 10. The Morgan fingerprint density at radius 3 is 2.79 bits per heavy atom. The van der Waals surface area contributed by atoms with E-state index in [-0.39, 0.29) is 18.0 Å². The third-order valence-electron chi connectivity index (χ3n) is 4.34. The molecule has 0 bridgehead atoms. The number of aliphatic hydroxyl groups excluding tert-OH is 3. The van der Waals surface area contributed by atoms with Crippen LogP contribution in [0.1, 0.15) is 18.9 Å². The predicted molar refractivity (Wildman–Crippen MR) is 97.0 cm³/mol. The molecule has 2 rings (SSSR count). The SMILES string of the molecule is C=Cc1cn([C@]2(C(=O)OCCCOCC)O[C@H](CO)[C@@H](O)[C@H]2O)c(=O)nc1N. The van der Waals surface area contributed by atoms with Crippen LogP contribution in [-0.4, -0.2) is 75.6 Å². The average molecular weight is 399 g/mol. The Hall–Kier alpha value is -2.31. The Morgan fingerprint density at radius 2 is 2.21 bits per heavy atom. The average Bonchev–Trinajstić information content (AvgIpc) is 2.93. The summed E-state index contributed by atoms with van der Waals surface area (Å²) in [4.78, 5) is 28.9. The molecule has 0 radical (unpaired) electrons. The number of carbonyl (C=O) groups is 1. The summed E-state index contributed by atoms with van der Waals surface area (Å²) < 4.78 is 16.5. The molecule has 2 heterocycles. The van der Waals surface area contributed by atoms with Gasteiger partial charge in [0.05, 0.1) is 13.2 Å². The van der Waals surface area contributed by atoms with Crippen molar-refractivity contribution in [2.24, 2.45) is 0 Å². The van der Waals surface area contributed by atoms with Crippen LogP contribution < -0.4 is 11.4 Å². The molecule has 1 saturated heterocycles. The Balaban J connectivity index is 2.46.